The number of hydroxylamine groups is 2. The molecule has 0 heterocycles. The number of rotatable bonds is 8. The number of benzene rings is 2. The van der Waals surface area contributed by atoms with Crippen LogP contribution in [-0.4, -0.2) is 30.2 Å². The number of anilines is 3. The Morgan fingerprint density at radius 1 is 1.07 bits per heavy atom. The van der Waals surface area contributed by atoms with Gasteiger partial charge >= 0.3 is 0 Å². The third kappa shape index (κ3) is 3.90. The molecule has 0 radical (unpaired) electrons. The SMILES string of the molecule is CC[C@@H](Nc1c(Nc2cccc(C(=O)N(C)OC)c2O)c(=O)c1=O)c1ccccc1. The van der Waals surface area contributed by atoms with Crippen molar-refractivity contribution >= 4 is 23.0 Å². The lowest BCUT2D eigenvalue weighted by molar-refractivity contribution is -0.0758. The lowest BCUT2D eigenvalue weighted by atomic mass is 10.0. The van der Waals surface area contributed by atoms with Crippen molar-refractivity contribution in [3.8, 4) is 5.75 Å². The first-order valence-corrected chi connectivity index (χ1v) is 9.45. The molecule has 0 saturated heterocycles. The Hall–Kier alpha value is -3.65. The second kappa shape index (κ2) is 8.79. The fourth-order valence-electron chi connectivity index (χ4n) is 3.13. The number of nitrogens with one attached hydrogen (secondary N) is 2. The van der Waals surface area contributed by atoms with Gasteiger partial charge in [-0.15, -0.1) is 0 Å². The van der Waals surface area contributed by atoms with Crippen molar-refractivity contribution in [2.75, 3.05) is 24.8 Å². The van der Waals surface area contributed by atoms with Crippen LogP contribution in [0.15, 0.2) is 58.1 Å². The second-order valence-corrected chi connectivity index (χ2v) is 6.74. The van der Waals surface area contributed by atoms with Crippen LogP contribution in [0, 0.1) is 0 Å². The molecule has 0 aromatic heterocycles. The molecule has 0 aliphatic heterocycles. The lowest BCUT2D eigenvalue weighted by Gasteiger charge is -2.22. The Balaban J connectivity index is 1.89. The minimum absolute atomic E-state index is 0.00622. The van der Waals surface area contributed by atoms with Gasteiger partial charge in [0.15, 0.2) is 5.75 Å². The highest BCUT2D eigenvalue weighted by molar-refractivity contribution is 5.98. The first-order valence-electron chi connectivity index (χ1n) is 9.45. The molecule has 0 saturated carbocycles. The van der Waals surface area contributed by atoms with Gasteiger partial charge in [0.05, 0.1) is 24.4 Å². The van der Waals surface area contributed by atoms with Crippen LogP contribution < -0.4 is 21.5 Å². The van der Waals surface area contributed by atoms with Gasteiger partial charge in [-0.3, -0.25) is 19.2 Å². The summed E-state index contributed by atoms with van der Waals surface area (Å²) in [6, 6.07) is 13.9. The van der Waals surface area contributed by atoms with Gasteiger partial charge in [-0.25, -0.2) is 5.06 Å². The summed E-state index contributed by atoms with van der Waals surface area (Å²) in [5, 5.41) is 17.4. The second-order valence-electron chi connectivity index (χ2n) is 6.74. The monoisotopic (exact) mass is 409 g/mol. The van der Waals surface area contributed by atoms with E-state index in [0.29, 0.717) is 6.42 Å². The molecule has 0 aliphatic rings. The van der Waals surface area contributed by atoms with E-state index in [-0.39, 0.29) is 34.4 Å². The van der Waals surface area contributed by atoms with Crippen LogP contribution in [0.3, 0.4) is 0 Å². The van der Waals surface area contributed by atoms with E-state index in [0.717, 1.165) is 10.6 Å². The number of para-hydroxylation sites is 1. The number of nitrogens with zero attached hydrogens (tertiary/aromatic N) is 1. The number of hydrogen-bond acceptors (Lipinski definition) is 7. The van der Waals surface area contributed by atoms with Crippen molar-refractivity contribution in [2.45, 2.75) is 19.4 Å². The molecule has 0 aliphatic carbocycles. The van der Waals surface area contributed by atoms with E-state index in [9.17, 15) is 19.5 Å². The average Bonchev–Trinajstić information content (AvgIpc) is 2.78. The van der Waals surface area contributed by atoms with Crippen LogP contribution in [-0.2, 0) is 4.84 Å². The molecule has 0 unspecified atom stereocenters. The van der Waals surface area contributed by atoms with E-state index in [1.54, 1.807) is 6.07 Å². The predicted octanol–water partition coefficient (Wildman–Crippen LogP) is 2.93. The maximum absolute atomic E-state index is 12.3. The van der Waals surface area contributed by atoms with Gasteiger partial charge in [0, 0.05) is 7.05 Å². The van der Waals surface area contributed by atoms with Gasteiger partial charge in [-0.1, -0.05) is 43.3 Å². The number of phenolic OH excluding ortho intramolecular Hbond substituents is 1. The van der Waals surface area contributed by atoms with Crippen LogP contribution in [0.2, 0.25) is 0 Å². The Kier molecular flexibility index (Phi) is 6.17. The number of carbonyl (C=O) groups is 1. The molecule has 0 fully saturated rings. The average molecular weight is 409 g/mol. The van der Waals surface area contributed by atoms with Crippen molar-refractivity contribution in [3.63, 3.8) is 0 Å². The molecule has 1 amide bonds. The topological polar surface area (TPSA) is 108 Å². The Labute approximate surface area is 173 Å². The first-order chi connectivity index (χ1) is 14.4. The molecule has 3 rings (SSSR count). The van der Waals surface area contributed by atoms with Crippen molar-refractivity contribution in [1.29, 1.82) is 0 Å². The number of carbonyl (C=O) groups excluding carboxylic acids is 1. The summed E-state index contributed by atoms with van der Waals surface area (Å²) in [4.78, 5) is 41.5. The molecule has 156 valence electrons. The molecule has 3 aromatic carbocycles. The van der Waals surface area contributed by atoms with E-state index in [1.165, 1.54) is 26.3 Å². The highest BCUT2D eigenvalue weighted by Gasteiger charge is 2.25. The third-order valence-electron chi connectivity index (χ3n) is 4.93. The molecule has 3 N–H and O–H groups in total. The van der Waals surface area contributed by atoms with Gasteiger partial charge in [-0.05, 0) is 24.1 Å². The fourth-order valence-corrected chi connectivity index (χ4v) is 3.13. The number of amides is 1. The minimum atomic E-state index is -0.689. The largest absolute Gasteiger partial charge is 0.505 e. The number of phenols is 1. The van der Waals surface area contributed by atoms with E-state index in [4.69, 9.17) is 4.84 Å². The Morgan fingerprint density at radius 3 is 2.37 bits per heavy atom. The molecule has 30 heavy (non-hydrogen) atoms. The fraction of sp³-hybridized carbons (Fsp3) is 0.227. The summed E-state index contributed by atoms with van der Waals surface area (Å²) in [6.45, 7) is 1.97. The van der Waals surface area contributed by atoms with Crippen molar-refractivity contribution in [2.24, 2.45) is 0 Å². The Morgan fingerprint density at radius 2 is 1.73 bits per heavy atom. The van der Waals surface area contributed by atoms with Crippen molar-refractivity contribution in [3.05, 3.63) is 80.1 Å². The summed E-state index contributed by atoms with van der Waals surface area (Å²) in [5.74, 6) is -0.905. The third-order valence-corrected chi connectivity index (χ3v) is 4.93. The standard InChI is InChI=1S/C22H23N3O5/c1-4-15(13-9-6-5-7-10-13)23-17-18(21(28)20(17)27)24-16-12-8-11-14(19(16)26)22(29)25(2)30-3/h5-12,15,23-24,26H,4H2,1-3H3/t15-/m1/s1. The van der Waals surface area contributed by atoms with E-state index in [2.05, 4.69) is 10.6 Å². The van der Waals surface area contributed by atoms with E-state index >= 15 is 0 Å². The maximum Gasteiger partial charge on any atom is 0.280 e. The molecule has 8 heteroatoms. The van der Waals surface area contributed by atoms with Crippen LogP contribution in [0.4, 0.5) is 17.1 Å². The highest BCUT2D eigenvalue weighted by atomic mass is 16.7. The van der Waals surface area contributed by atoms with Crippen LogP contribution in [0.25, 0.3) is 0 Å². The first kappa shape index (κ1) is 21.1. The molecular weight excluding hydrogens is 386 g/mol. The zero-order chi connectivity index (χ0) is 21.8. The van der Waals surface area contributed by atoms with Gasteiger partial charge in [0.2, 0.25) is 0 Å². The molecule has 0 spiro atoms. The van der Waals surface area contributed by atoms with Crippen LogP contribution >= 0.6 is 0 Å². The van der Waals surface area contributed by atoms with Crippen molar-refractivity contribution in [1.82, 2.24) is 5.06 Å². The summed E-state index contributed by atoms with van der Waals surface area (Å²) in [6.07, 6.45) is 0.695. The highest BCUT2D eigenvalue weighted by Crippen LogP contribution is 2.33. The predicted molar refractivity (Wildman–Crippen MR) is 115 cm³/mol. The lowest BCUT2D eigenvalue weighted by Crippen LogP contribution is -2.37. The van der Waals surface area contributed by atoms with E-state index < -0.39 is 16.8 Å². The van der Waals surface area contributed by atoms with Crippen LogP contribution in [0.1, 0.15) is 35.3 Å². The van der Waals surface area contributed by atoms with E-state index in [1.807, 2.05) is 37.3 Å². The maximum atomic E-state index is 12.3. The molecule has 0 bridgehead atoms. The summed E-state index contributed by atoms with van der Waals surface area (Å²) >= 11 is 0. The van der Waals surface area contributed by atoms with Crippen LogP contribution in [0.5, 0.6) is 5.75 Å². The van der Waals surface area contributed by atoms with Crippen molar-refractivity contribution < 1.29 is 14.7 Å². The molecule has 8 nitrogen and oxygen atoms in total. The Bertz CT molecular complexity index is 1120. The van der Waals surface area contributed by atoms with Gasteiger partial charge in [0.1, 0.15) is 11.4 Å². The minimum Gasteiger partial charge on any atom is -0.505 e. The summed E-state index contributed by atoms with van der Waals surface area (Å²) < 4.78 is 0. The van der Waals surface area contributed by atoms with Gasteiger partial charge < -0.3 is 15.7 Å². The number of hydrogen-bond donors (Lipinski definition) is 3. The molecular formula is C22H23N3O5. The zero-order valence-corrected chi connectivity index (χ0v) is 16.9. The molecule has 3 aromatic rings. The smallest absolute Gasteiger partial charge is 0.280 e. The van der Waals surface area contributed by atoms with Gasteiger partial charge in [-0.2, -0.15) is 0 Å². The quantitative estimate of drug-likeness (QED) is 0.298. The molecule has 1 atom stereocenters. The van der Waals surface area contributed by atoms with Gasteiger partial charge in [0.25, 0.3) is 16.8 Å². The normalized spacial score (nSPS) is 11.8. The number of aromatic hydroxyl groups is 1. The zero-order valence-electron chi connectivity index (χ0n) is 16.9. The summed E-state index contributed by atoms with van der Waals surface area (Å²) in [7, 11) is 2.74. The summed E-state index contributed by atoms with van der Waals surface area (Å²) in [5.41, 5.74) is -0.00271.